The van der Waals surface area contributed by atoms with Crippen LogP contribution in [0.1, 0.15) is 26.7 Å². The quantitative estimate of drug-likeness (QED) is 0.462. The maximum atomic E-state index is 4.92. The summed E-state index contributed by atoms with van der Waals surface area (Å²) in [5, 5.41) is 3.30. The van der Waals surface area contributed by atoms with Crippen molar-refractivity contribution in [1.29, 1.82) is 0 Å². The Kier molecular flexibility index (Phi) is 9.49. The molecule has 1 N–H and O–H groups in total. The number of ether oxygens (including phenoxy) is 1. The highest BCUT2D eigenvalue weighted by atomic mass is 16.5. The Balaban J connectivity index is 3.02. The molecule has 0 saturated heterocycles. The SMILES string of the molecule is COCCNCCC=CCC(C)C. The first kappa shape index (κ1) is 12.7. The molecule has 0 fully saturated rings. The van der Waals surface area contributed by atoms with Gasteiger partial charge in [-0.3, -0.25) is 0 Å². The van der Waals surface area contributed by atoms with Crippen LogP contribution >= 0.6 is 0 Å². The van der Waals surface area contributed by atoms with E-state index in [1.807, 2.05) is 0 Å². The number of hydrogen-bond donors (Lipinski definition) is 1. The van der Waals surface area contributed by atoms with E-state index in [2.05, 4.69) is 31.3 Å². The maximum absolute atomic E-state index is 4.92. The molecule has 0 unspecified atom stereocenters. The summed E-state index contributed by atoms with van der Waals surface area (Å²) in [5.41, 5.74) is 0. The van der Waals surface area contributed by atoms with E-state index in [1.54, 1.807) is 7.11 Å². The molecule has 78 valence electrons. The monoisotopic (exact) mass is 185 g/mol. The molecule has 0 aliphatic carbocycles. The number of methoxy groups -OCH3 is 1. The molecule has 0 aromatic carbocycles. The topological polar surface area (TPSA) is 21.3 Å². The lowest BCUT2D eigenvalue weighted by molar-refractivity contribution is 0.199. The van der Waals surface area contributed by atoms with Crippen LogP contribution in [0.25, 0.3) is 0 Å². The van der Waals surface area contributed by atoms with Gasteiger partial charge in [0.15, 0.2) is 0 Å². The van der Waals surface area contributed by atoms with Crippen LogP contribution < -0.4 is 5.32 Å². The van der Waals surface area contributed by atoms with Crippen LogP contribution in [0.15, 0.2) is 12.2 Å². The van der Waals surface area contributed by atoms with Crippen molar-refractivity contribution >= 4 is 0 Å². The van der Waals surface area contributed by atoms with Gasteiger partial charge in [-0.05, 0) is 25.3 Å². The molecular weight excluding hydrogens is 162 g/mol. The van der Waals surface area contributed by atoms with E-state index in [1.165, 1.54) is 6.42 Å². The fourth-order valence-electron chi connectivity index (χ4n) is 0.971. The second-order valence-corrected chi connectivity index (χ2v) is 3.63. The Hall–Kier alpha value is -0.340. The molecule has 0 aromatic rings. The van der Waals surface area contributed by atoms with Crippen molar-refractivity contribution in [3.63, 3.8) is 0 Å². The largest absolute Gasteiger partial charge is 0.383 e. The van der Waals surface area contributed by atoms with Crippen molar-refractivity contribution in [3.05, 3.63) is 12.2 Å². The van der Waals surface area contributed by atoms with E-state index < -0.39 is 0 Å². The molecule has 13 heavy (non-hydrogen) atoms. The first-order valence-electron chi connectivity index (χ1n) is 5.12. The third-order valence-corrected chi connectivity index (χ3v) is 1.74. The molecule has 0 amide bonds. The predicted octanol–water partition coefficient (Wildman–Crippen LogP) is 2.21. The van der Waals surface area contributed by atoms with Crippen molar-refractivity contribution in [2.45, 2.75) is 26.7 Å². The van der Waals surface area contributed by atoms with Gasteiger partial charge in [-0.15, -0.1) is 0 Å². The summed E-state index contributed by atoms with van der Waals surface area (Å²) >= 11 is 0. The summed E-state index contributed by atoms with van der Waals surface area (Å²) in [4.78, 5) is 0. The van der Waals surface area contributed by atoms with Gasteiger partial charge in [0, 0.05) is 13.7 Å². The maximum Gasteiger partial charge on any atom is 0.0587 e. The highest BCUT2D eigenvalue weighted by Gasteiger charge is 1.87. The first-order valence-corrected chi connectivity index (χ1v) is 5.12. The molecule has 0 saturated carbocycles. The van der Waals surface area contributed by atoms with Crippen molar-refractivity contribution in [1.82, 2.24) is 5.32 Å². The zero-order valence-corrected chi connectivity index (χ0v) is 9.18. The van der Waals surface area contributed by atoms with E-state index >= 15 is 0 Å². The molecule has 0 radical (unpaired) electrons. The van der Waals surface area contributed by atoms with E-state index in [-0.39, 0.29) is 0 Å². The lowest BCUT2D eigenvalue weighted by Crippen LogP contribution is -2.19. The van der Waals surface area contributed by atoms with Crippen molar-refractivity contribution < 1.29 is 4.74 Å². The fraction of sp³-hybridized carbons (Fsp3) is 0.818. The summed E-state index contributed by atoms with van der Waals surface area (Å²) in [6.07, 6.45) is 6.83. The molecule has 0 bridgehead atoms. The molecule has 0 aromatic heterocycles. The Morgan fingerprint density at radius 1 is 1.23 bits per heavy atom. The lowest BCUT2D eigenvalue weighted by atomic mass is 10.1. The minimum atomic E-state index is 0.776. The van der Waals surface area contributed by atoms with Crippen LogP contribution in [0.2, 0.25) is 0 Å². The van der Waals surface area contributed by atoms with Gasteiger partial charge in [0.25, 0.3) is 0 Å². The zero-order chi connectivity index (χ0) is 9.94. The molecule has 2 heteroatoms. The van der Waals surface area contributed by atoms with Crippen LogP contribution in [0.3, 0.4) is 0 Å². The van der Waals surface area contributed by atoms with Gasteiger partial charge in [0.05, 0.1) is 6.61 Å². The summed E-state index contributed by atoms with van der Waals surface area (Å²) in [6, 6.07) is 0. The van der Waals surface area contributed by atoms with Gasteiger partial charge in [-0.1, -0.05) is 26.0 Å². The summed E-state index contributed by atoms with van der Waals surface area (Å²) in [7, 11) is 1.73. The van der Waals surface area contributed by atoms with E-state index in [4.69, 9.17) is 4.74 Å². The average molecular weight is 185 g/mol. The molecule has 0 heterocycles. The van der Waals surface area contributed by atoms with Gasteiger partial charge in [0.1, 0.15) is 0 Å². The van der Waals surface area contributed by atoms with Crippen LogP contribution in [-0.4, -0.2) is 26.8 Å². The Bertz CT molecular complexity index is 121. The van der Waals surface area contributed by atoms with Crippen LogP contribution in [-0.2, 0) is 4.74 Å². The highest BCUT2D eigenvalue weighted by molar-refractivity contribution is 4.82. The summed E-state index contributed by atoms with van der Waals surface area (Å²) in [5.74, 6) is 0.776. The number of rotatable bonds is 8. The van der Waals surface area contributed by atoms with Crippen molar-refractivity contribution in [3.8, 4) is 0 Å². The zero-order valence-electron chi connectivity index (χ0n) is 9.18. The van der Waals surface area contributed by atoms with Crippen molar-refractivity contribution in [2.24, 2.45) is 5.92 Å². The van der Waals surface area contributed by atoms with E-state index in [0.29, 0.717) is 0 Å². The second kappa shape index (κ2) is 9.75. The number of nitrogens with one attached hydrogen (secondary N) is 1. The smallest absolute Gasteiger partial charge is 0.0587 e. The van der Waals surface area contributed by atoms with Gasteiger partial charge in [-0.25, -0.2) is 0 Å². The molecule has 0 rings (SSSR count). The minimum Gasteiger partial charge on any atom is -0.383 e. The normalized spacial score (nSPS) is 11.7. The predicted molar refractivity (Wildman–Crippen MR) is 58.0 cm³/mol. The lowest BCUT2D eigenvalue weighted by Gasteiger charge is -2.01. The minimum absolute atomic E-state index is 0.776. The standard InChI is InChI=1S/C11H23NO/c1-11(2)7-5-4-6-8-12-9-10-13-3/h4-5,11-12H,6-10H2,1-3H3. The number of hydrogen-bond acceptors (Lipinski definition) is 2. The van der Waals surface area contributed by atoms with E-state index in [9.17, 15) is 0 Å². The third-order valence-electron chi connectivity index (χ3n) is 1.74. The molecular formula is C11H23NO. The van der Waals surface area contributed by atoms with Gasteiger partial charge in [0.2, 0.25) is 0 Å². The van der Waals surface area contributed by atoms with Gasteiger partial charge >= 0.3 is 0 Å². The molecule has 0 aliphatic rings. The third kappa shape index (κ3) is 11.7. The Morgan fingerprint density at radius 3 is 2.62 bits per heavy atom. The van der Waals surface area contributed by atoms with Crippen molar-refractivity contribution in [2.75, 3.05) is 26.8 Å². The molecule has 0 aliphatic heterocycles. The van der Waals surface area contributed by atoms with Gasteiger partial charge < -0.3 is 10.1 Å². The molecule has 0 spiro atoms. The summed E-state index contributed by atoms with van der Waals surface area (Å²) in [6.45, 7) is 7.28. The summed E-state index contributed by atoms with van der Waals surface area (Å²) < 4.78 is 4.92. The number of allylic oxidation sites excluding steroid dienone is 1. The fourth-order valence-corrected chi connectivity index (χ4v) is 0.971. The van der Waals surface area contributed by atoms with E-state index in [0.717, 1.165) is 32.0 Å². The average Bonchev–Trinajstić information content (AvgIpc) is 2.09. The second-order valence-electron chi connectivity index (χ2n) is 3.63. The molecule has 2 nitrogen and oxygen atoms in total. The molecule has 0 atom stereocenters. The van der Waals surface area contributed by atoms with Crippen LogP contribution in [0, 0.1) is 5.92 Å². The highest BCUT2D eigenvalue weighted by Crippen LogP contribution is 1.99. The van der Waals surface area contributed by atoms with Gasteiger partial charge in [-0.2, -0.15) is 0 Å². The Labute approximate surface area is 82.4 Å². The van der Waals surface area contributed by atoms with Crippen LogP contribution in [0.4, 0.5) is 0 Å². The first-order chi connectivity index (χ1) is 6.27. The Morgan fingerprint density at radius 2 is 2.00 bits per heavy atom. The van der Waals surface area contributed by atoms with Crippen LogP contribution in [0.5, 0.6) is 0 Å².